The maximum Gasteiger partial charge on any atom is 0.118 e. The standard InChI is InChI=1S/C16H13N5O/c1-22-12-5-2-10(3-6-12)16-13-8-11(15-9-17-21-19-15)4-7-14(13)18-20-16/h2-9H,1H3,(H,18,20)(H,17,19,21). The molecular formula is C16H13N5O. The van der Waals surface area contributed by atoms with E-state index in [0.29, 0.717) is 0 Å². The van der Waals surface area contributed by atoms with Crippen molar-refractivity contribution in [3.8, 4) is 28.3 Å². The Labute approximate surface area is 126 Å². The van der Waals surface area contributed by atoms with Crippen molar-refractivity contribution in [1.82, 2.24) is 25.6 Å². The minimum Gasteiger partial charge on any atom is -0.497 e. The summed E-state index contributed by atoms with van der Waals surface area (Å²) in [6, 6.07) is 13.9. The first-order valence-electron chi connectivity index (χ1n) is 6.84. The zero-order valence-electron chi connectivity index (χ0n) is 11.9. The van der Waals surface area contributed by atoms with E-state index in [-0.39, 0.29) is 0 Å². The number of fused-ring (bicyclic) bond motifs is 1. The summed E-state index contributed by atoms with van der Waals surface area (Å²) in [5, 5.41) is 19.0. The van der Waals surface area contributed by atoms with Crippen molar-refractivity contribution in [2.24, 2.45) is 0 Å². The molecule has 0 saturated carbocycles. The van der Waals surface area contributed by atoms with Gasteiger partial charge < -0.3 is 4.74 Å². The van der Waals surface area contributed by atoms with Gasteiger partial charge in [0.05, 0.1) is 30.2 Å². The molecule has 0 amide bonds. The molecule has 0 saturated heterocycles. The van der Waals surface area contributed by atoms with Crippen LogP contribution in [0.2, 0.25) is 0 Å². The highest BCUT2D eigenvalue weighted by Crippen LogP contribution is 2.30. The van der Waals surface area contributed by atoms with Crippen LogP contribution in [-0.4, -0.2) is 32.7 Å². The predicted octanol–water partition coefficient (Wildman–Crippen LogP) is 3.02. The van der Waals surface area contributed by atoms with Gasteiger partial charge in [0.2, 0.25) is 0 Å². The van der Waals surface area contributed by atoms with Crippen molar-refractivity contribution in [3.63, 3.8) is 0 Å². The van der Waals surface area contributed by atoms with Gasteiger partial charge in [0, 0.05) is 16.5 Å². The molecule has 108 valence electrons. The lowest BCUT2D eigenvalue weighted by Crippen LogP contribution is -1.83. The van der Waals surface area contributed by atoms with Crippen LogP contribution in [0.15, 0.2) is 48.7 Å². The molecule has 6 heteroatoms. The second-order valence-corrected chi connectivity index (χ2v) is 4.93. The number of aromatic amines is 2. The van der Waals surface area contributed by atoms with Crippen LogP contribution in [0, 0.1) is 0 Å². The second-order valence-electron chi connectivity index (χ2n) is 4.93. The first kappa shape index (κ1) is 12.6. The van der Waals surface area contributed by atoms with Gasteiger partial charge in [0.15, 0.2) is 0 Å². The average Bonchev–Trinajstić information content (AvgIpc) is 3.24. The van der Waals surface area contributed by atoms with Crippen molar-refractivity contribution < 1.29 is 4.74 Å². The molecule has 0 radical (unpaired) electrons. The van der Waals surface area contributed by atoms with E-state index in [4.69, 9.17) is 4.74 Å². The SMILES string of the molecule is COc1ccc(-c2n[nH]c3ccc(-c4cnn[nH]4)cc23)cc1. The Hall–Kier alpha value is -3.15. The van der Waals surface area contributed by atoms with Gasteiger partial charge in [-0.15, -0.1) is 5.10 Å². The highest BCUT2D eigenvalue weighted by Gasteiger charge is 2.10. The summed E-state index contributed by atoms with van der Waals surface area (Å²) in [5.74, 6) is 0.827. The minimum atomic E-state index is 0.827. The molecule has 4 rings (SSSR count). The first-order chi connectivity index (χ1) is 10.8. The van der Waals surface area contributed by atoms with Crippen molar-refractivity contribution in [1.29, 1.82) is 0 Å². The molecule has 0 atom stereocenters. The van der Waals surface area contributed by atoms with Gasteiger partial charge in [-0.1, -0.05) is 11.3 Å². The molecule has 2 aromatic heterocycles. The molecular weight excluding hydrogens is 278 g/mol. The summed E-state index contributed by atoms with van der Waals surface area (Å²) in [7, 11) is 1.66. The fourth-order valence-electron chi connectivity index (χ4n) is 2.49. The predicted molar refractivity (Wildman–Crippen MR) is 83.5 cm³/mol. The van der Waals surface area contributed by atoms with E-state index >= 15 is 0 Å². The molecule has 0 aliphatic carbocycles. The van der Waals surface area contributed by atoms with E-state index < -0.39 is 0 Å². The van der Waals surface area contributed by atoms with Crippen molar-refractivity contribution >= 4 is 10.9 Å². The molecule has 0 spiro atoms. The van der Waals surface area contributed by atoms with Crippen molar-refractivity contribution in [2.75, 3.05) is 7.11 Å². The maximum absolute atomic E-state index is 5.20. The summed E-state index contributed by atoms with van der Waals surface area (Å²) < 4.78 is 5.20. The normalized spacial score (nSPS) is 11.0. The number of rotatable bonds is 3. The first-order valence-corrected chi connectivity index (χ1v) is 6.84. The Kier molecular flexibility index (Phi) is 2.86. The van der Waals surface area contributed by atoms with Crippen LogP contribution in [0.4, 0.5) is 0 Å². The van der Waals surface area contributed by atoms with Crippen LogP contribution in [0.1, 0.15) is 0 Å². The number of nitrogens with one attached hydrogen (secondary N) is 2. The molecule has 2 N–H and O–H groups in total. The fraction of sp³-hybridized carbons (Fsp3) is 0.0625. The van der Waals surface area contributed by atoms with E-state index in [1.165, 1.54) is 0 Å². The maximum atomic E-state index is 5.20. The lowest BCUT2D eigenvalue weighted by atomic mass is 10.0. The summed E-state index contributed by atoms with van der Waals surface area (Å²) in [6.45, 7) is 0. The number of aromatic nitrogens is 5. The van der Waals surface area contributed by atoms with Crippen LogP contribution in [-0.2, 0) is 0 Å². The van der Waals surface area contributed by atoms with Crippen LogP contribution in [0.5, 0.6) is 5.75 Å². The van der Waals surface area contributed by atoms with E-state index in [0.717, 1.165) is 39.2 Å². The molecule has 6 nitrogen and oxygen atoms in total. The fourth-order valence-corrected chi connectivity index (χ4v) is 2.49. The van der Waals surface area contributed by atoms with Gasteiger partial charge in [-0.05, 0) is 36.4 Å². The third kappa shape index (κ3) is 2.01. The van der Waals surface area contributed by atoms with Gasteiger partial charge in [-0.2, -0.15) is 5.10 Å². The van der Waals surface area contributed by atoms with Crippen LogP contribution in [0.3, 0.4) is 0 Å². The minimum absolute atomic E-state index is 0.827. The Morgan fingerprint density at radius 1 is 0.955 bits per heavy atom. The molecule has 0 fully saturated rings. The summed E-state index contributed by atoms with van der Waals surface area (Å²) >= 11 is 0. The quantitative estimate of drug-likeness (QED) is 0.608. The van der Waals surface area contributed by atoms with Gasteiger partial charge >= 0.3 is 0 Å². The molecule has 0 aliphatic heterocycles. The van der Waals surface area contributed by atoms with Gasteiger partial charge in [-0.3, -0.25) is 10.2 Å². The number of hydrogen-bond acceptors (Lipinski definition) is 4. The molecule has 22 heavy (non-hydrogen) atoms. The summed E-state index contributed by atoms with van der Waals surface area (Å²) in [6.07, 6.45) is 1.70. The number of ether oxygens (including phenoxy) is 1. The number of benzene rings is 2. The third-order valence-corrected chi connectivity index (χ3v) is 3.65. The topological polar surface area (TPSA) is 79.5 Å². The van der Waals surface area contributed by atoms with Crippen LogP contribution >= 0.6 is 0 Å². The largest absolute Gasteiger partial charge is 0.497 e. The molecule has 2 heterocycles. The number of H-pyrrole nitrogens is 2. The lowest BCUT2D eigenvalue weighted by molar-refractivity contribution is 0.415. The zero-order valence-corrected chi connectivity index (χ0v) is 11.9. The van der Waals surface area contributed by atoms with Crippen LogP contribution < -0.4 is 4.74 Å². The van der Waals surface area contributed by atoms with Crippen LogP contribution in [0.25, 0.3) is 33.4 Å². The number of methoxy groups -OCH3 is 1. The second kappa shape index (κ2) is 5.00. The van der Waals surface area contributed by atoms with E-state index in [2.05, 4.69) is 31.7 Å². The molecule has 0 aliphatic rings. The lowest BCUT2D eigenvalue weighted by Gasteiger charge is -2.02. The van der Waals surface area contributed by atoms with E-state index in [1.807, 2.05) is 36.4 Å². The zero-order chi connectivity index (χ0) is 14.9. The van der Waals surface area contributed by atoms with Gasteiger partial charge in [-0.25, -0.2) is 0 Å². The Bertz CT molecular complexity index is 910. The summed E-state index contributed by atoms with van der Waals surface area (Å²) in [5.41, 5.74) is 4.83. The molecule has 2 aromatic carbocycles. The highest BCUT2D eigenvalue weighted by atomic mass is 16.5. The third-order valence-electron chi connectivity index (χ3n) is 3.65. The van der Waals surface area contributed by atoms with E-state index in [9.17, 15) is 0 Å². The van der Waals surface area contributed by atoms with Gasteiger partial charge in [0.25, 0.3) is 0 Å². The van der Waals surface area contributed by atoms with Gasteiger partial charge in [0.1, 0.15) is 5.75 Å². The molecule has 0 unspecified atom stereocenters. The molecule has 4 aromatic rings. The van der Waals surface area contributed by atoms with E-state index in [1.54, 1.807) is 13.3 Å². The average molecular weight is 291 g/mol. The number of hydrogen-bond donors (Lipinski definition) is 2. The Morgan fingerprint density at radius 3 is 2.50 bits per heavy atom. The summed E-state index contributed by atoms with van der Waals surface area (Å²) in [4.78, 5) is 0. The van der Waals surface area contributed by atoms with Crippen molar-refractivity contribution in [3.05, 3.63) is 48.7 Å². The Balaban J connectivity index is 1.85. The number of nitrogens with zero attached hydrogens (tertiary/aromatic N) is 3. The monoisotopic (exact) mass is 291 g/mol. The molecule has 0 bridgehead atoms. The highest BCUT2D eigenvalue weighted by molar-refractivity contribution is 5.95. The van der Waals surface area contributed by atoms with Crippen molar-refractivity contribution in [2.45, 2.75) is 0 Å². The smallest absolute Gasteiger partial charge is 0.118 e. The Morgan fingerprint density at radius 2 is 1.77 bits per heavy atom.